The second-order valence-corrected chi connectivity index (χ2v) is 3.18. The lowest BCUT2D eigenvalue weighted by Gasteiger charge is -2.06. The van der Waals surface area contributed by atoms with E-state index in [9.17, 15) is 4.39 Å². The molecule has 0 spiro atoms. The van der Waals surface area contributed by atoms with Gasteiger partial charge in [0.1, 0.15) is 5.82 Å². The average molecular weight is 213 g/mol. The minimum atomic E-state index is -0.221. The Hall–Kier alpha value is -1.20. The minimum absolute atomic E-state index is 0.221. The molecule has 0 amide bonds. The van der Waals surface area contributed by atoms with Gasteiger partial charge in [-0.3, -0.25) is 0 Å². The van der Waals surface area contributed by atoms with Gasteiger partial charge in [0.25, 0.3) is 0 Å². The second-order valence-electron chi connectivity index (χ2n) is 2.78. The van der Waals surface area contributed by atoms with Gasteiger partial charge in [0.15, 0.2) is 5.11 Å². The lowest BCUT2D eigenvalue weighted by atomic mass is 10.1. The smallest absolute Gasteiger partial charge is 0.180 e. The third-order valence-corrected chi connectivity index (χ3v) is 2.01. The Morgan fingerprint density at radius 1 is 1.36 bits per heavy atom. The summed E-state index contributed by atoms with van der Waals surface area (Å²) in [6.45, 7) is 0.675. The zero-order valence-electron chi connectivity index (χ0n) is 7.59. The van der Waals surface area contributed by atoms with Crippen molar-refractivity contribution in [3.05, 3.63) is 35.6 Å². The highest BCUT2D eigenvalue weighted by Crippen LogP contribution is 2.02. The normalized spacial score (nSPS) is 9.57. The molecule has 1 rings (SSSR count). The van der Waals surface area contributed by atoms with Crippen molar-refractivity contribution < 1.29 is 4.39 Å². The standard InChI is InChI=1S/C9H12FN3S/c10-8-3-1-7(2-4-8)5-6-12-9(14)13-11/h1-4H,5-6,11H2,(H2,12,13,14). The van der Waals surface area contributed by atoms with E-state index < -0.39 is 0 Å². The molecule has 0 aliphatic heterocycles. The molecule has 0 bridgehead atoms. The van der Waals surface area contributed by atoms with Gasteiger partial charge in [-0.1, -0.05) is 12.1 Å². The number of thiocarbonyl (C=S) groups is 1. The summed E-state index contributed by atoms with van der Waals surface area (Å²) in [6, 6.07) is 6.37. The van der Waals surface area contributed by atoms with Crippen molar-refractivity contribution >= 4 is 17.3 Å². The maximum absolute atomic E-state index is 12.5. The summed E-state index contributed by atoms with van der Waals surface area (Å²) in [6.07, 6.45) is 0.780. The van der Waals surface area contributed by atoms with Crippen molar-refractivity contribution in [2.24, 2.45) is 5.84 Å². The van der Waals surface area contributed by atoms with E-state index in [0.717, 1.165) is 12.0 Å². The van der Waals surface area contributed by atoms with Gasteiger partial charge in [-0.25, -0.2) is 10.2 Å². The van der Waals surface area contributed by atoms with E-state index in [-0.39, 0.29) is 5.82 Å². The molecular formula is C9H12FN3S. The number of hydrogen-bond donors (Lipinski definition) is 3. The van der Waals surface area contributed by atoms with Crippen molar-refractivity contribution in [2.75, 3.05) is 6.54 Å². The lowest BCUT2D eigenvalue weighted by Crippen LogP contribution is -2.40. The van der Waals surface area contributed by atoms with Gasteiger partial charge in [0.2, 0.25) is 0 Å². The molecule has 14 heavy (non-hydrogen) atoms. The van der Waals surface area contributed by atoms with Crippen LogP contribution in [0, 0.1) is 5.82 Å². The van der Waals surface area contributed by atoms with Gasteiger partial charge in [-0.2, -0.15) is 0 Å². The van der Waals surface area contributed by atoms with Crippen LogP contribution in [0.1, 0.15) is 5.56 Å². The molecule has 0 aliphatic carbocycles. The largest absolute Gasteiger partial charge is 0.361 e. The fourth-order valence-electron chi connectivity index (χ4n) is 1.02. The summed E-state index contributed by atoms with van der Waals surface area (Å²) in [4.78, 5) is 0. The second kappa shape index (κ2) is 5.51. The van der Waals surface area contributed by atoms with Crippen LogP contribution in [0.5, 0.6) is 0 Å². The number of rotatable bonds is 3. The molecule has 0 atom stereocenters. The Morgan fingerprint density at radius 2 is 2.00 bits per heavy atom. The molecule has 4 N–H and O–H groups in total. The predicted octanol–water partition coefficient (Wildman–Crippen LogP) is 0.706. The highest BCUT2D eigenvalue weighted by Gasteiger charge is 1.94. The Balaban J connectivity index is 2.31. The van der Waals surface area contributed by atoms with Gasteiger partial charge in [-0.05, 0) is 36.3 Å². The SMILES string of the molecule is NNC(=S)NCCc1ccc(F)cc1. The first kappa shape index (κ1) is 10.9. The molecule has 0 saturated carbocycles. The molecule has 76 valence electrons. The Kier molecular flexibility index (Phi) is 4.28. The van der Waals surface area contributed by atoms with Crippen LogP contribution >= 0.6 is 12.2 Å². The number of hydrazine groups is 1. The zero-order chi connectivity index (χ0) is 10.4. The average Bonchev–Trinajstić information content (AvgIpc) is 2.21. The first-order chi connectivity index (χ1) is 6.72. The first-order valence-corrected chi connectivity index (χ1v) is 4.62. The monoisotopic (exact) mass is 213 g/mol. The molecule has 0 radical (unpaired) electrons. The van der Waals surface area contributed by atoms with E-state index in [2.05, 4.69) is 10.7 Å². The Bertz CT molecular complexity index is 299. The predicted molar refractivity (Wildman–Crippen MR) is 58.0 cm³/mol. The maximum atomic E-state index is 12.5. The van der Waals surface area contributed by atoms with Crippen LogP contribution in [0.25, 0.3) is 0 Å². The number of halogens is 1. The quantitative estimate of drug-likeness (QED) is 0.393. The molecule has 3 nitrogen and oxygen atoms in total. The minimum Gasteiger partial charge on any atom is -0.361 e. The van der Waals surface area contributed by atoms with Crippen LogP contribution in [0.3, 0.4) is 0 Å². The molecule has 1 aromatic rings. The summed E-state index contributed by atoms with van der Waals surface area (Å²) in [7, 11) is 0. The molecule has 5 heteroatoms. The van der Waals surface area contributed by atoms with Crippen LogP contribution in [-0.2, 0) is 6.42 Å². The number of nitrogens with two attached hydrogens (primary N) is 1. The van der Waals surface area contributed by atoms with E-state index in [4.69, 9.17) is 18.1 Å². The van der Waals surface area contributed by atoms with E-state index >= 15 is 0 Å². The fourth-order valence-corrected chi connectivity index (χ4v) is 1.12. The van der Waals surface area contributed by atoms with E-state index in [1.807, 2.05) is 0 Å². The van der Waals surface area contributed by atoms with E-state index in [0.29, 0.717) is 11.7 Å². The zero-order valence-corrected chi connectivity index (χ0v) is 8.40. The van der Waals surface area contributed by atoms with Gasteiger partial charge in [-0.15, -0.1) is 0 Å². The summed E-state index contributed by atoms with van der Waals surface area (Å²) in [5.74, 6) is 4.85. The van der Waals surface area contributed by atoms with Crippen molar-refractivity contribution in [3.63, 3.8) is 0 Å². The summed E-state index contributed by atoms with van der Waals surface area (Å²) < 4.78 is 12.5. The van der Waals surface area contributed by atoms with Gasteiger partial charge < -0.3 is 10.7 Å². The fraction of sp³-hybridized carbons (Fsp3) is 0.222. The van der Waals surface area contributed by atoms with Gasteiger partial charge >= 0.3 is 0 Å². The number of nitrogens with one attached hydrogen (secondary N) is 2. The van der Waals surface area contributed by atoms with Crippen LogP contribution in [0.15, 0.2) is 24.3 Å². The Labute approximate surface area is 87.5 Å². The molecular weight excluding hydrogens is 201 g/mol. The first-order valence-electron chi connectivity index (χ1n) is 4.21. The molecule has 0 fully saturated rings. The number of benzene rings is 1. The van der Waals surface area contributed by atoms with Crippen molar-refractivity contribution in [3.8, 4) is 0 Å². The van der Waals surface area contributed by atoms with Crippen LogP contribution in [0.2, 0.25) is 0 Å². The van der Waals surface area contributed by atoms with E-state index in [1.54, 1.807) is 12.1 Å². The summed E-state index contributed by atoms with van der Waals surface area (Å²) >= 11 is 4.78. The molecule has 0 unspecified atom stereocenters. The molecule has 0 saturated heterocycles. The molecule has 1 aromatic carbocycles. The molecule has 0 aliphatic rings. The van der Waals surface area contributed by atoms with Gasteiger partial charge in [0.05, 0.1) is 0 Å². The van der Waals surface area contributed by atoms with Crippen LogP contribution in [0.4, 0.5) is 4.39 Å². The maximum Gasteiger partial charge on any atom is 0.180 e. The number of hydrogen-bond acceptors (Lipinski definition) is 2. The Morgan fingerprint density at radius 3 is 2.57 bits per heavy atom. The van der Waals surface area contributed by atoms with Gasteiger partial charge in [0, 0.05) is 6.54 Å². The van der Waals surface area contributed by atoms with Crippen molar-refractivity contribution in [1.29, 1.82) is 0 Å². The highest BCUT2D eigenvalue weighted by molar-refractivity contribution is 7.80. The lowest BCUT2D eigenvalue weighted by molar-refractivity contribution is 0.627. The van der Waals surface area contributed by atoms with Crippen molar-refractivity contribution in [2.45, 2.75) is 6.42 Å². The summed E-state index contributed by atoms with van der Waals surface area (Å²) in [5, 5.41) is 3.31. The molecule has 0 heterocycles. The van der Waals surface area contributed by atoms with Crippen molar-refractivity contribution in [1.82, 2.24) is 10.7 Å². The third-order valence-electron chi connectivity index (χ3n) is 1.74. The van der Waals surface area contributed by atoms with E-state index in [1.165, 1.54) is 12.1 Å². The summed E-state index contributed by atoms with van der Waals surface area (Å²) in [5.41, 5.74) is 3.38. The topological polar surface area (TPSA) is 50.1 Å². The van der Waals surface area contributed by atoms with Crippen LogP contribution in [-0.4, -0.2) is 11.7 Å². The third kappa shape index (κ3) is 3.68. The molecule has 0 aromatic heterocycles. The highest BCUT2D eigenvalue weighted by atomic mass is 32.1. The van der Waals surface area contributed by atoms with Crippen LogP contribution < -0.4 is 16.6 Å².